The van der Waals surface area contributed by atoms with Crippen LogP contribution in [-0.2, 0) is 10.0 Å². The molecule has 2 heterocycles. The third kappa shape index (κ3) is 3.72. The number of rotatable bonds is 5. The van der Waals surface area contributed by atoms with Gasteiger partial charge in [0.2, 0.25) is 10.0 Å². The number of sulfonamides is 1. The van der Waals surface area contributed by atoms with E-state index in [1.807, 2.05) is 14.0 Å². The standard InChI is InChI=1S/C14H24N4O2S/c1-4-15-14-8-7-13(10-16-14)21(19,20)18(3)12-6-5-9-17(2)11-12/h7-8,10,12H,4-6,9,11H2,1-3H3,(H,15,16). The number of hydrogen-bond acceptors (Lipinski definition) is 5. The van der Waals surface area contributed by atoms with Crippen molar-refractivity contribution in [2.24, 2.45) is 0 Å². The maximum atomic E-state index is 12.7. The number of pyridine rings is 1. The zero-order valence-electron chi connectivity index (χ0n) is 12.9. The Morgan fingerprint density at radius 1 is 1.48 bits per heavy atom. The molecule has 7 heteroatoms. The van der Waals surface area contributed by atoms with Gasteiger partial charge in [-0.05, 0) is 45.5 Å². The second-order valence-electron chi connectivity index (χ2n) is 5.49. The summed E-state index contributed by atoms with van der Waals surface area (Å²) in [6, 6.07) is 3.35. The normalized spacial score (nSPS) is 20.7. The highest BCUT2D eigenvalue weighted by molar-refractivity contribution is 7.89. The lowest BCUT2D eigenvalue weighted by Gasteiger charge is -2.35. The van der Waals surface area contributed by atoms with Gasteiger partial charge in [-0.3, -0.25) is 0 Å². The van der Waals surface area contributed by atoms with E-state index in [9.17, 15) is 8.42 Å². The van der Waals surface area contributed by atoms with Gasteiger partial charge in [0, 0.05) is 32.4 Å². The van der Waals surface area contributed by atoms with Gasteiger partial charge >= 0.3 is 0 Å². The summed E-state index contributed by atoms with van der Waals surface area (Å²) in [4.78, 5) is 6.57. The number of aromatic nitrogens is 1. The van der Waals surface area contributed by atoms with Crippen LogP contribution in [0.5, 0.6) is 0 Å². The summed E-state index contributed by atoms with van der Waals surface area (Å²) in [5, 5.41) is 3.06. The summed E-state index contributed by atoms with van der Waals surface area (Å²) in [6.07, 6.45) is 3.36. The zero-order chi connectivity index (χ0) is 15.5. The van der Waals surface area contributed by atoms with Crippen LogP contribution in [0.2, 0.25) is 0 Å². The van der Waals surface area contributed by atoms with Gasteiger partial charge in [0.1, 0.15) is 10.7 Å². The number of hydrogen-bond donors (Lipinski definition) is 1. The molecule has 0 bridgehead atoms. The number of anilines is 1. The van der Waals surface area contributed by atoms with Crippen LogP contribution in [0.4, 0.5) is 5.82 Å². The van der Waals surface area contributed by atoms with E-state index in [1.165, 1.54) is 10.5 Å². The predicted molar refractivity (Wildman–Crippen MR) is 83.9 cm³/mol. The zero-order valence-corrected chi connectivity index (χ0v) is 13.7. The van der Waals surface area contributed by atoms with E-state index >= 15 is 0 Å². The monoisotopic (exact) mass is 312 g/mol. The van der Waals surface area contributed by atoms with Gasteiger partial charge in [-0.15, -0.1) is 0 Å². The van der Waals surface area contributed by atoms with E-state index < -0.39 is 10.0 Å². The topological polar surface area (TPSA) is 65.5 Å². The Morgan fingerprint density at radius 2 is 2.24 bits per heavy atom. The van der Waals surface area contributed by atoms with E-state index in [0.717, 1.165) is 32.5 Å². The molecule has 1 saturated heterocycles. The van der Waals surface area contributed by atoms with Gasteiger partial charge in [-0.25, -0.2) is 13.4 Å². The van der Waals surface area contributed by atoms with Gasteiger partial charge < -0.3 is 10.2 Å². The lowest BCUT2D eigenvalue weighted by atomic mass is 10.1. The van der Waals surface area contributed by atoms with E-state index in [2.05, 4.69) is 15.2 Å². The highest BCUT2D eigenvalue weighted by Crippen LogP contribution is 2.21. The first-order chi connectivity index (χ1) is 9.95. The molecule has 0 aromatic carbocycles. The van der Waals surface area contributed by atoms with Crippen LogP contribution in [0.1, 0.15) is 19.8 Å². The molecular weight excluding hydrogens is 288 g/mol. The molecule has 0 spiro atoms. The second kappa shape index (κ2) is 6.72. The summed E-state index contributed by atoms with van der Waals surface area (Å²) in [7, 11) is 0.214. The number of likely N-dealkylation sites (tertiary alicyclic amines) is 1. The molecule has 0 saturated carbocycles. The van der Waals surface area contributed by atoms with Crippen molar-refractivity contribution in [2.45, 2.75) is 30.7 Å². The maximum absolute atomic E-state index is 12.7. The van der Waals surface area contributed by atoms with Crippen molar-refractivity contribution in [3.8, 4) is 0 Å². The minimum absolute atomic E-state index is 0.0298. The van der Waals surface area contributed by atoms with E-state index in [1.54, 1.807) is 19.2 Å². The van der Waals surface area contributed by atoms with Crippen LogP contribution in [0.25, 0.3) is 0 Å². The highest BCUT2D eigenvalue weighted by atomic mass is 32.2. The summed E-state index contributed by atoms with van der Waals surface area (Å²) in [6.45, 7) is 4.54. The second-order valence-corrected chi connectivity index (χ2v) is 7.49. The van der Waals surface area contributed by atoms with Crippen LogP contribution >= 0.6 is 0 Å². The fraction of sp³-hybridized carbons (Fsp3) is 0.643. The number of nitrogens with zero attached hydrogens (tertiary/aromatic N) is 3. The Kier molecular flexibility index (Phi) is 5.18. The van der Waals surface area contributed by atoms with Crippen molar-refractivity contribution in [2.75, 3.05) is 39.0 Å². The Morgan fingerprint density at radius 3 is 2.81 bits per heavy atom. The van der Waals surface area contributed by atoms with Gasteiger partial charge in [0.05, 0.1) is 0 Å². The smallest absolute Gasteiger partial charge is 0.244 e. The molecular formula is C14H24N4O2S. The molecule has 1 aliphatic rings. The van der Waals surface area contributed by atoms with E-state index in [-0.39, 0.29) is 10.9 Å². The fourth-order valence-corrected chi connectivity index (χ4v) is 3.94. The van der Waals surface area contributed by atoms with Crippen molar-refractivity contribution in [1.82, 2.24) is 14.2 Å². The third-order valence-corrected chi connectivity index (χ3v) is 5.78. The Hall–Kier alpha value is -1.18. The van der Waals surface area contributed by atoms with Crippen LogP contribution in [0.3, 0.4) is 0 Å². The molecule has 0 aliphatic carbocycles. The first-order valence-corrected chi connectivity index (χ1v) is 8.75. The quantitative estimate of drug-likeness (QED) is 0.886. The molecule has 1 fully saturated rings. The van der Waals surface area contributed by atoms with Crippen molar-refractivity contribution >= 4 is 15.8 Å². The lowest BCUT2D eigenvalue weighted by molar-refractivity contribution is 0.187. The number of piperidine rings is 1. The summed E-state index contributed by atoms with van der Waals surface area (Å²) in [5.41, 5.74) is 0. The molecule has 118 valence electrons. The average molecular weight is 312 g/mol. The van der Waals surface area contributed by atoms with Crippen molar-refractivity contribution in [3.05, 3.63) is 18.3 Å². The van der Waals surface area contributed by atoms with Gasteiger partial charge in [-0.1, -0.05) is 0 Å². The van der Waals surface area contributed by atoms with Gasteiger partial charge in [0.15, 0.2) is 0 Å². The van der Waals surface area contributed by atoms with E-state index in [4.69, 9.17) is 0 Å². The molecule has 1 atom stereocenters. The SMILES string of the molecule is CCNc1ccc(S(=O)(=O)N(C)C2CCCN(C)C2)cn1. The van der Waals surface area contributed by atoms with Crippen LogP contribution in [0, 0.1) is 0 Å². The highest BCUT2D eigenvalue weighted by Gasteiger charge is 2.30. The first-order valence-electron chi connectivity index (χ1n) is 7.31. The molecule has 0 amide bonds. The predicted octanol–water partition coefficient (Wildman–Crippen LogP) is 1.23. The summed E-state index contributed by atoms with van der Waals surface area (Å²) in [5.74, 6) is 0.691. The fourth-order valence-electron chi connectivity index (χ4n) is 2.62. The lowest BCUT2D eigenvalue weighted by Crippen LogP contribution is -2.47. The average Bonchev–Trinajstić information content (AvgIpc) is 2.47. The Labute approximate surface area is 127 Å². The minimum atomic E-state index is -3.48. The van der Waals surface area contributed by atoms with Gasteiger partial charge in [-0.2, -0.15) is 4.31 Å². The van der Waals surface area contributed by atoms with Crippen molar-refractivity contribution < 1.29 is 8.42 Å². The van der Waals surface area contributed by atoms with E-state index in [0.29, 0.717) is 5.82 Å². The van der Waals surface area contributed by atoms with Crippen LogP contribution < -0.4 is 5.32 Å². The molecule has 0 radical (unpaired) electrons. The summed E-state index contributed by atoms with van der Waals surface area (Å²) >= 11 is 0. The molecule has 1 unspecified atom stereocenters. The van der Waals surface area contributed by atoms with Crippen LogP contribution in [0.15, 0.2) is 23.2 Å². The third-order valence-electron chi connectivity index (χ3n) is 3.89. The minimum Gasteiger partial charge on any atom is -0.370 e. The number of nitrogens with one attached hydrogen (secondary N) is 1. The molecule has 2 rings (SSSR count). The van der Waals surface area contributed by atoms with Crippen molar-refractivity contribution in [3.63, 3.8) is 0 Å². The molecule has 6 nitrogen and oxygen atoms in total. The molecule has 1 aromatic heterocycles. The largest absolute Gasteiger partial charge is 0.370 e. The van der Waals surface area contributed by atoms with Crippen molar-refractivity contribution in [1.29, 1.82) is 0 Å². The van der Waals surface area contributed by atoms with Crippen LogP contribution in [-0.4, -0.2) is 62.4 Å². The Bertz CT molecular complexity index is 559. The Balaban J connectivity index is 2.16. The molecule has 1 aromatic rings. The molecule has 1 aliphatic heterocycles. The van der Waals surface area contributed by atoms with Gasteiger partial charge in [0.25, 0.3) is 0 Å². The molecule has 1 N–H and O–H groups in total. The number of likely N-dealkylation sites (N-methyl/N-ethyl adjacent to an activating group) is 2. The molecule has 21 heavy (non-hydrogen) atoms. The summed E-state index contributed by atoms with van der Waals surface area (Å²) < 4.78 is 26.8. The maximum Gasteiger partial charge on any atom is 0.244 e. The first kappa shape index (κ1) is 16.2.